The highest BCUT2D eigenvalue weighted by Gasteiger charge is 2.28. The third-order valence-corrected chi connectivity index (χ3v) is 6.27. The van der Waals surface area contributed by atoms with Crippen molar-refractivity contribution in [3.05, 3.63) is 52.7 Å². The molecule has 3 rings (SSSR count). The van der Waals surface area contributed by atoms with Gasteiger partial charge in [-0.05, 0) is 31.0 Å². The van der Waals surface area contributed by atoms with E-state index in [9.17, 15) is 22.4 Å². The molecule has 0 saturated heterocycles. The van der Waals surface area contributed by atoms with Gasteiger partial charge >= 0.3 is 0 Å². The van der Waals surface area contributed by atoms with Gasteiger partial charge in [-0.1, -0.05) is 12.1 Å². The number of sulfone groups is 1. The summed E-state index contributed by atoms with van der Waals surface area (Å²) >= 11 is 0. The highest BCUT2D eigenvalue weighted by atomic mass is 32.2. The summed E-state index contributed by atoms with van der Waals surface area (Å²) in [6, 6.07) is 7.97. The second-order valence-electron chi connectivity index (χ2n) is 7.19. The Morgan fingerprint density at radius 3 is 2.58 bits per heavy atom. The molecule has 2 aromatic rings. The fourth-order valence-corrected chi connectivity index (χ4v) is 4.13. The van der Waals surface area contributed by atoms with Gasteiger partial charge in [0, 0.05) is 36.8 Å². The number of pyridine rings is 1. The number of amides is 1. The van der Waals surface area contributed by atoms with E-state index < -0.39 is 32.4 Å². The number of aryl methyl sites for hydroxylation is 1. The fraction of sp³-hybridized carbons (Fsp3) is 0.316. The molecule has 31 heavy (non-hydrogen) atoms. The molecule has 1 aromatic heterocycles. The Bertz CT molecular complexity index is 1160. The molecule has 0 fully saturated rings. The van der Waals surface area contributed by atoms with Crippen LogP contribution in [0, 0.1) is 5.82 Å². The van der Waals surface area contributed by atoms with Crippen LogP contribution >= 0.6 is 0 Å². The molecule has 0 saturated carbocycles. The van der Waals surface area contributed by atoms with Crippen LogP contribution in [0.25, 0.3) is 11.1 Å². The second kappa shape index (κ2) is 8.96. The van der Waals surface area contributed by atoms with E-state index in [1.54, 1.807) is 35.6 Å². The smallest absolute Gasteiger partial charge is 0.261 e. The van der Waals surface area contributed by atoms with Crippen LogP contribution in [0.4, 0.5) is 10.1 Å². The maximum atomic E-state index is 14.7. The van der Waals surface area contributed by atoms with Crippen LogP contribution in [0.3, 0.4) is 0 Å². The number of hydrazone groups is 1. The monoisotopic (exact) mass is 451 g/mol. The van der Waals surface area contributed by atoms with Crippen LogP contribution in [0.1, 0.15) is 13.3 Å². The summed E-state index contributed by atoms with van der Waals surface area (Å²) in [5.41, 5.74) is 5.15. The van der Waals surface area contributed by atoms with E-state index in [1.165, 1.54) is 5.48 Å². The minimum Gasteiger partial charge on any atom is -0.312 e. The van der Waals surface area contributed by atoms with Gasteiger partial charge in [-0.2, -0.15) is 10.2 Å². The van der Waals surface area contributed by atoms with E-state index in [2.05, 4.69) is 10.5 Å². The standard InChI is InChI=1S/C19H22FN5O5S/c1-12-10-21-25(22-12)14-5-3-13(4-6-14)15-9-18(26)24(11-16(15)20)8-7-17(19(27)23-28)31(2,29)30/h3-6,9-12,17,22,28H,7-8H2,1-2H3,(H,23,27). The summed E-state index contributed by atoms with van der Waals surface area (Å²) in [4.78, 5) is 24.0. The average Bonchev–Trinajstić information content (AvgIpc) is 3.15. The van der Waals surface area contributed by atoms with Crippen molar-refractivity contribution >= 4 is 27.6 Å². The van der Waals surface area contributed by atoms with E-state index >= 15 is 0 Å². The first-order valence-electron chi connectivity index (χ1n) is 9.34. The van der Waals surface area contributed by atoms with Crippen molar-refractivity contribution in [2.75, 3.05) is 11.4 Å². The van der Waals surface area contributed by atoms with E-state index in [1.807, 2.05) is 6.92 Å². The highest BCUT2D eigenvalue weighted by molar-refractivity contribution is 7.92. The van der Waals surface area contributed by atoms with Gasteiger partial charge in [0.05, 0.1) is 11.7 Å². The number of hydroxylamine groups is 1. The van der Waals surface area contributed by atoms with Gasteiger partial charge in [0.15, 0.2) is 9.84 Å². The van der Waals surface area contributed by atoms with Crippen molar-refractivity contribution in [1.82, 2.24) is 15.5 Å². The molecular formula is C19H22FN5O5S. The molecule has 1 aliphatic rings. The summed E-state index contributed by atoms with van der Waals surface area (Å²) < 4.78 is 39.2. The lowest BCUT2D eigenvalue weighted by Crippen LogP contribution is -2.39. The van der Waals surface area contributed by atoms with Gasteiger partial charge in [0.1, 0.15) is 11.1 Å². The Morgan fingerprint density at radius 2 is 2.03 bits per heavy atom. The molecule has 166 valence electrons. The third kappa shape index (κ3) is 5.16. The topological polar surface area (TPSA) is 133 Å². The van der Waals surface area contributed by atoms with Crippen molar-refractivity contribution < 1.29 is 22.8 Å². The van der Waals surface area contributed by atoms with Crippen LogP contribution in [-0.4, -0.2) is 47.9 Å². The molecule has 0 bridgehead atoms. The zero-order chi connectivity index (χ0) is 22.8. The Labute approximate surface area is 177 Å². The maximum absolute atomic E-state index is 14.7. The number of aromatic nitrogens is 1. The van der Waals surface area contributed by atoms with Gasteiger partial charge < -0.3 is 4.57 Å². The van der Waals surface area contributed by atoms with Crippen LogP contribution in [0.5, 0.6) is 0 Å². The summed E-state index contributed by atoms with van der Waals surface area (Å²) in [5, 5.41) is 12.9. The fourth-order valence-electron chi connectivity index (χ4n) is 3.16. The van der Waals surface area contributed by atoms with Crippen molar-refractivity contribution in [3.63, 3.8) is 0 Å². The largest absolute Gasteiger partial charge is 0.312 e. The Morgan fingerprint density at radius 1 is 1.35 bits per heavy atom. The number of benzene rings is 1. The van der Waals surface area contributed by atoms with E-state index in [4.69, 9.17) is 5.21 Å². The molecule has 3 N–H and O–H groups in total. The third-order valence-electron chi connectivity index (χ3n) is 4.78. The Balaban J connectivity index is 1.80. The number of anilines is 1. The van der Waals surface area contributed by atoms with Crippen LogP contribution in [0.2, 0.25) is 0 Å². The lowest BCUT2D eigenvalue weighted by Gasteiger charge is -2.16. The number of rotatable bonds is 7. The number of carbonyl (C=O) groups is 1. The lowest BCUT2D eigenvalue weighted by molar-refractivity contribution is -0.128. The van der Waals surface area contributed by atoms with E-state index in [0.717, 1.165) is 28.8 Å². The van der Waals surface area contributed by atoms with Crippen molar-refractivity contribution in [2.45, 2.75) is 31.2 Å². The zero-order valence-corrected chi connectivity index (χ0v) is 17.6. The molecule has 1 amide bonds. The van der Waals surface area contributed by atoms with Gasteiger partial charge in [-0.3, -0.25) is 14.8 Å². The molecule has 0 aliphatic carbocycles. The molecule has 0 spiro atoms. The second-order valence-corrected chi connectivity index (χ2v) is 9.42. The lowest BCUT2D eigenvalue weighted by atomic mass is 10.1. The first kappa shape index (κ1) is 22.6. The van der Waals surface area contributed by atoms with Gasteiger partial charge in [-0.25, -0.2) is 23.7 Å². The minimum atomic E-state index is -3.84. The van der Waals surface area contributed by atoms with Crippen LogP contribution in [-0.2, 0) is 21.2 Å². The number of nitrogens with one attached hydrogen (secondary N) is 2. The Hall–Kier alpha value is -3.09. The molecular weight excluding hydrogens is 429 g/mol. The minimum absolute atomic E-state index is 0.0896. The molecule has 0 radical (unpaired) electrons. The highest BCUT2D eigenvalue weighted by Crippen LogP contribution is 2.25. The number of hydrazine groups is 1. The first-order valence-corrected chi connectivity index (χ1v) is 11.3. The SMILES string of the molecule is CC1C=NN(c2ccc(-c3cc(=O)n(CCC(C(=O)NO)S(C)(=O)=O)cc3F)cc2)N1. The summed E-state index contributed by atoms with van der Waals surface area (Å²) in [6.45, 7) is 1.72. The molecule has 12 heteroatoms. The summed E-state index contributed by atoms with van der Waals surface area (Å²) in [5.74, 6) is -1.79. The van der Waals surface area contributed by atoms with E-state index in [0.29, 0.717) is 5.56 Å². The number of carbonyl (C=O) groups excluding carboxylic acids is 1. The zero-order valence-electron chi connectivity index (χ0n) is 16.8. The van der Waals surface area contributed by atoms with E-state index in [-0.39, 0.29) is 24.6 Å². The number of nitrogens with zero attached hydrogens (tertiary/aromatic N) is 3. The summed E-state index contributed by atoms with van der Waals surface area (Å²) in [7, 11) is -3.84. The molecule has 10 nitrogen and oxygen atoms in total. The van der Waals surface area contributed by atoms with Gasteiger partial charge in [0.2, 0.25) is 0 Å². The normalized spacial score (nSPS) is 17.0. The molecule has 2 atom stereocenters. The maximum Gasteiger partial charge on any atom is 0.261 e. The predicted octanol–water partition coefficient (Wildman–Crippen LogP) is 0.662. The van der Waals surface area contributed by atoms with Crippen LogP contribution in [0.15, 0.2) is 46.4 Å². The van der Waals surface area contributed by atoms with Gasteiger partial charge in [0.25, 0.3) is 11.5 Å². The molecule has 1 aromatic carbocycles. The van der Waals surface area contributed by atoms with Crippen LogP contribution < -0.4 is 21.6 Å². The first-order chi connectivity index (χ1) is 14.6. The number of halogens is 1. The van der Waals surface area contributed by atoms with Crippen molar-refractivity contribution in [2.24, 2.45) is 5.10 Å². The van der Waals surface area contributed by atoms with Crippen molar-refractivity contribution in [3.8, 4) is 11.1 Å². The number of hydrogen-bond acceptors (Lipinski definition) is 8. The quantitative estimate of drug-likeness (QED) is 0.416. The van der Waals surface area contributed by atoms with Gasteiger partial charge in [-0.15, -0.1) is 0 Å². The molecule has 2 unspecified atom stereocenters. The summed E-state index contributed by atoms with van der Waals surface area (Å²) in [6.07, 6.45) is 3.24. The molecule has 2 heterocycles. The average molecular weight is 451 g/mol. The molecule has 1 aliphatic heterocycles. The number of hydrogen-bond donors (Lipinski definition) is 3. The predicted molar refractivity (Wildman–Crippen MR) is 113 cm³/mol. The van der Waals surface area contributed by atoms with Crippen molar-refractivity contribution in [1.29, 1.82) is 0 Å². The Kier molecular flexibility index (Phi) is 6.53.